The number of aryl methyl sites for hydroxylation is 1. The Morgan fingerprint density at radius 3 is 2.50 bits per heavy atom. The molecule has 1 aliphatic rings. The van der Waals surface area contributed by atoms with Crippen LogP contribution in [0.1, 0.15) is 40.9 Å². The van der Waals surface area contributed by atoms with Crippen molar-refractivity contribution in [2.75, 3.05) is 32.0 Å². The SMILES string of the molecule is Cc1cccc(NC(=O)CN(C)C(=O)c2ccc(S(=O)(=O)N3CCCCC3)o2)c1C. The Morgan fingerprint density at radius 1 is 1.10 bits per heavy atom. The molecule has 1 fully saturated rings. The predicted octanol–water partition coefficient (Wildman–Crippen LogP) is 2.78. The van der Waals surface area contributed by atoms with Gasteiger partial charge in [-0.05, 0) is 56.0 Å². The molecule has 1 N–H and O–H groups in total. The summed E-state index contributed by atoms with van der Waals surface area (Å²) in [7, 11) is -2.29. The van der Waals surface area contributed by atoms with Gasteiger partial charge in [-0.25, -0.2) is 8.42 Å². The Balaban J connectivity index is 1.65. The van der Waals surface area contributed by atoms with E-state index in [1.54, 1.807) is 6.07 Å². The summed E-state index contributed by atoms with van der Waals surface area (Å²) in [6.07, 6.45) is 2.62. The smallest absolute Gasteiger partial charge is 0.289 e. The summed E-state index contributed by atoms with van der Waals surface area (Å²) in [6, 6.07) is 8.22. The maximum atomic E-state index is 12.7. The second-order valence-electron chi connectivity index (χ2n) is 7.54. The van der Waals surface area contributed by atoms with Crippen molar-refractivity contribution < 1.29 is 22.4 Å². The molecule has 2 heterocycles. The maximum absolute atomic E-state index is 12.7. The van der Waals surface area contributed by atoms with Crippen molar-refractivity contribution in [3.05, 3.63) is 47.2 Å². The third kappa shape index (κ3) is 4.73. The number of piperidine rings is 1. The molecule has 0 atom stereocenters. The van der Waals surface area contributed by atoms with E-state index in [1.165, 1.54) is 28.4 Å². The Morgan fingerprint density at radius 2 is 1.80 bits per heavy atom. The van der Waals surface area contributed by atoms with Crippen LogP contribution in [0, 0.1) is 13.8 Å². The average molecular weight is 434 g/mol. The van der Waals surface area contributed by atoms with Crippen LogP contribution < -0.4 is 5.32 Å². The summed E-state index contributed by atoms with van der Waals surface area (Å²) in [4.78, 5) is 26.2. The van der Waals surface area contributed by atoms with Gasteiger partial charge in [-0.15, -0.1) is 0 Å². The van der Waals surface area contributed by atoms with Crippen molar-refractivity contribution in [3.63, 3.8) is 0 Å². The van der Waals surface area contributed by atoms with Crippen LogP contribution in [0.15, 0.2) is 39.8 Å². The molecule has 0 bridgehead atoms. The number of anilines is 1. The molecule has 9 heteroatoms. The number of likely N-dealkylation sites (N-methyl/N-ethyl adjacent to an activating group) is 1. The van der Waals surface area contributed by atoms with Gasteiger partial charge in [-0.1, -0.05) is 18.6 Å². The van der Waals surface area contributed by atoms with Crippen LogP contribution in [0.2, 0.25) is 0 Å². The number of carbonyl (C=O) groups is 2. The number of rotatable bonds is 6. The van der Waals surface area contributed by atoms with Crippen molar-refractivity contribution in [2.24, 2.45) is 0 Å². The van der Waals surface area contributed by atoms with E-state index in [-0.39, 0.29) is 23.3 Å². The number of furan rings is 1. The summed E-state index contributed by atoms with van der Waals surface area (Å²) >= 11 is 0. The summed E-state index contributed by atoms with van der Waals surface area (Å²) in [6.45, 7) is 4.57. The molecule has 8 nitrogen and oxygen atoms in total. The van der Waals surface area contributed by atoms with Crippen LogP contribution >= 0.6 is 0 Å². The molecule has 2 aromatic rings. The zero-order chi connectivity index (χ0) is 21.9. The summed E-state index contributed by atoms with van der Waals surface area (Å²) in [5.74, 6) is -1.04. The molecule has 1 aromatic carbocycles. The number of hydrogen-bond donors (Lipinski definition) is 1. The van der Waals surface area contributed by atoms with E-state index in [0.717, 1.165) is 30.4 Å². The lowest BCUT2D eigenvalue weighted by Crippen LogP contribution is -2.35. The molecule has 0 radical (unpaired) electrons. The number of amides is 2. The van der Waals surface area contributed by atoms with Crippen LogP contribution in [0.25, 0.3) is 0 Å². The Hall–Kier alpha value is -2.65. The first kappa shape index (κ1) is 22.0. The fourth-order valence-electron chi connectivity index (χ4n) is 3.36. The van der Waals surface area contributed by atoms with Crippen LogP contribution in [0.3, 0.4) is 0 Å². The maximum Gasteiger partial charge on any atom is 0.289 e. The standard InChI is InChI=1S/C21H27N3O5S/c1-15-8-7-9-17(16(15)2)22-19(25)14-23(3)21(26)18-10-11-20(29-18)30(27,28)24-12-5-4-6-13-24/h7-11H,4-6,12-14H2,1-3H3,(H,22,25). The molecule has 162 valence electrons. The molecular formula is C21H27N3O5S. The fraction of sp³-hybridized carbons (Fsp3) is 0.429. The lowest BCUT2D eigenvalue weighted by atomic mass is 10.1. The van der Waals surface area contributed by atoms with Crippen LogP contribution in [-0.4, -0.2) is 56.1 Å². The molecule has 1 saturated heterocycles. The Kier molecular flexibility index (Phi) is 6.62. The molecule has 0 spiro atoms. The quantitative estimate of drug-likeness (QED) is 0.755. The number of carbonyl (C=O) groups excluding carboxylic acids is 2. The summed E-state index contributed by atoms with van der Waals surface area (Å²) in [5, 5.41) is 2.55. The zero-order valence-electron chi connectivity index (χ0n) is 17.5. The van der Waals surface area contributed by atoms with Gasteiger partial charge < -0.3 is 14.6 Å². The van der Waals surface area contributed by atoms with Crippen molar-refractivity contribution in [1.29, 1.82) is 0 Å². The van der Waals surface area contributed by atoms with Gasteiger partial charge in [0.15, 0.2) is 5.76 Å². The van der Waals surface area contributed by atoms with Crippen LogP contribution in [0.5, 0.6) is 0 Å². The third-order valence-electron chi connectivity index (χ3n) is 5.31. The lowest BCUT2D eigenvalue weighted by molar-refractivity contribution is -0.116. The van der Waals surface area contributed by atoms with Crippen molar-refractivity contribution in [1.82, 2.24) is 9.21 Å². The molecule has 1 aliphatic heterocycles. The highest BCUT2D eigenvalue weighted by molar-refractivity contribution is 7.89. The monoisotopic (exact) mass is 433 g/mol. The average Bonchev–Trinajstić information content (AvgIpc) is 3.22. The Labute approximate surface area is 176 Å². The first-order chi connectivity index (χ1) is 14.2. The second kappa shape index (κ2) is 9.01. The zero-order valence-corrected chi connectivity index (χ0v) is 18.3. The van der Waals surface area contributed by atoms with Crippen LogP contribution in [0.4, 0.5) is 5.69 Å². The van der Waals surface area contributed by atoms with Gasteiger partial charge in [0.25, 0.3) is 15.9 Å². The molecule has 1 aromatic heterocycles. The first-order valence-corrected chi connectivity index (χ1v) is 11.4. The topological polar surface area (TPSA) is 99.9 Å². The van der Waals surface area contributed by atoms with E-state index in [2.05, 4.69) is 5.32 Å². The first-order valence-electron chi connectivity index (χ1n) is 9.91. The molecule has 0 aliphatic carbocycles. The minimum absolute atomic E-state index is 0.118. The second-order valence-corrected chi connectivity index (χ2v) is 9.41. The minimum Gasteiger partial charge on any atom is -0.438 e. The Bertz CT molecular complexity index is 1040. The van der Waals surface area contributed by atoms with Gasteiger partial charge in [0.1, 0.15) is 0 Å². The van der Waals surface area contributed by atoms with E-state index in [1.807, 2.05) is 26.0 Å². The summed E-state index contributed by atoms with van der Waals surface area (Å²) in [5.41, 5.74) is 2.70. The van der Waals surface area contributed by atoms with E-state index in [0.29, 0.717) is 18.8 Å². The number of nitrogens with zero attached hydrogens (tertiary/aromatic N) is 2. The number of hydrogen-bond acceptors (Lipinski definition) is 5. The van der Waals surface area contributed by atoms with Crippen molar-refractivity contribution in [3.8, 4) is 0 Å². The predicted molar refractivity (Wildman–Crippen MR) is 113 cm³/mol. The summed E-state index contributed by atoms with van der Waals surface area (Å²) < 4.78 is 32.1. The highest BCUT2D eigenvalue weighted by atomic mass is 32.2. The molecular weight excluding hydrogens is 406 g/mol. The van der Waals surface area contributed by atoms with E-state index < -0.39 is 15.9 Å². The highest BCUT2D eigenvalue weighted by Crippen LogP contribution is 2.23. The van der Waals surface area contributed by atoms with Crippen molar-refractivity contribution >= 4 is 27.5 Å². The van der Waals surface area contributed by atoms with E-state index in [4.69, 9.17) is 4.42 Å². The minimum atomic E-state index is -3.76. The van der Waals surface area contributed by atoms with Gasteiger partial charge >= 0.3 is 0 Å². The molecule has 30 heavy (non-hydrogen) atoms. The third-order valence-corrected chi connectivity index (χ3v) is 7.08. The van der Waals surface area contributed by atoms with Gasteiger partial charge in [0, 0.05) is 25.8 Å². The molecule has 0 saturated carbocycles. The molecule has 3 rings (SSSR count). The van der Waals surface area contributed by atoms with Gasteiger partial charge in [0.05, 0.1) is 6.54 Å². The number of benzene rings is 1. The van der Waals surface area contributed by atoms with Crippen LogP contribution in [-0.2, 0) is 14.8 Å². The van der Waals surface area contributed by atoms with Gasteiger partial charge in [-0.2, -0.15) is 4.31 Å². The fourth-order valence-corrected chi connectivity index (χ4v) is 4.79. The molecule has 2 amide bonds. The van der Waals surface area contributed by atoms with E-state index in [9.17, 15) is 18.0 Å². The van der Waals surface area contributed by atoms with Gasteiger partial charge in [0.2, 0.25) is 11.0 Å². The highest BCUT2D eigenvalue weighted by Gasteiger charge is 2.30. The van der Waals surface area contributed by atoms with Gasteiger partial charge in [-0.3, -0.25) is 9.59 Å². The number of sulfonamides is 1. The van der Waals surface area contributed by atoms with Crippen molar-refractivity contribution in [2.45, 2.75) is 38.2 Å². The van der Waals surface area contributed by atoms with E-state index >= 15 is 0 Å². The normalized spacial score (nSPS) is 15.0. The largest absolute Gasteiger partial charge is 0.438 e. The number of nitrogens with one attached hydrogen (secondary N) is 1. The molecule has 0 unspecified atom stereocenters. The lowest BCUT2D eigenvalue weighted by Gasteiger charge is -2.24.